The molecular formula is C53H38N4. The molecule has 0 aliphatic heterocycles. The van der Waals surface area contributed by atoms with Gasteiger partial charge in [-0.3, -0.25) is 4.99 Å². The van der Waals surface area contributed by atoms with Gasteiger partial charge in [-0.15, -0.1) is 0 Å². The lowest BCUT2D eigenvalue weighted by atomic mass is 9.93. The molecule has 9 aromatic rings. The molecule has 270 valence electrons. The molecule has 4 nitrogen and oxygen atoms in total. The molecule has 0 aliphatic rings. The van der Waals surface area contributed by atoms with Crippen LogP contribution in [0, 0.1) is 0 Å². The fraction of sp³-hybridized carbons (Fsp3) is 0.0189. The summed E-state index contributed by atoms with van der Waals surface area (Å²) in [6, 6.07) is 65.5. The van der Waals surface area contributed by atoms with Gasteiger partial charge in [0.2, 0.25) is 0 Å². The first-order chi connectivity index (χ1) is 28.1. The van der Waals surface area contributed by atoms with Crippen LogP contribution in [-0.2, 0) is 0 Å². The van der Waals surface area contributed by atoms with Crippen LogP contribution in [0.2, 0.25) is 0 Å². The molecule has 0 fully saturated rings. The van der Waals surface area contributed by atoms with E-state index in [2.05, 4.69) is 194 Å². The maximum Gasteiger partial charge on any atom is 0.164 e. The highest BCUT2D eigenvalue weighted by molar-refractivity contribution is 6.05. The summed E-state index contributed by atoms with van der Waals surface area (Å²) in [7, 11) is 0. The fourth-order valence-corrected chi connectivity index (χ4v) is 7.43. The van der Waals surface area contributed by atoms with Crippen molar-refractivity contribution in [1.82, 2.24) is 15.0 Å². The lowest BCUT2D eigenvalue weighted by molar-refractivity contribution is 1.07. The monoisotopic (exact) mass is 730 g/mol. The van der Waals surface area contributed by atoms with E-state index >= 15 is 0 Å². The third kappa shape index (κ3) is 7.20. The van der Waals surface area contributed by atoms with E-state index in [4.69, 9.17) is 15.0 Å². The predicted octanol–water partition coefficient (Wildman–Crippen LogP) is 14.1. The van der Waals surface area contributed by atoms with Gasteiger partial charge in [0.15, 0.2) is 17.5 Å². The van der Waals surface area contributed by atoms with E-state index < -0.39 is 0 Å². The zero-order valence-electron chi connectivity index (χ0n) is 31.5. The third-order valence-electron chi connectivity index (χ3n) is 10.4. The Morgan fingerprint density at radius 1 is 0.386 bits per heavy atom. The Hall–Kier alpha value is -7.56. The number of hydrogen-bond acceptors (Lipinski definition) is 4. The Morgan fingerprint density at radius 2 is 0.807 bits per heavy atom. The smallest absolute Gasteiger partial charge is 0.164 e. The second-order valence-corrected chi connectivity index (χ2v) is 13.9. The summed E-state index contributed by atoms with van der Waals surface area (Å²) in [6.45, 7) is 5.90. The summed E-state index contributed by atoms with van der Waals surface area (Å²) < 4.78 is 0. The van der Waals surface area contributed by atoms with Crippen LogP contribution < -0.4 is 0 Å². The zero-order chi connectivity index (χ0) is 38.6. The molecule has 0 atom stereocenters. The normalized spacial score (nSPS) is 11.2. The quantitative estimate of drug-likeness (QED) is 0.139. The molecule has 0 amide bonds. The summed E-state index contributed by atoms with van der Waals surface area (Å²) in [4.78, 5) is 19.5. The molecule has 0 saturated carbocycles. The van der Waals surface area contributed by atoms with Gasteiger partial charge in [-0.1, -0.05) is 194 Å². The van der Waals surface area contributed by atoms with Crippen LogP contribution >= 0.6 is 0 Å². The first kappa shape index (κ1) is 35.2. The van der Waals surface area contributed by atoms with Crippen molar-refractivity contribution < 1.29 is 0 Å². The molecule has 0 unspecified atom stereocenters. The van der Waals surface area contributed by atoms with E-state index in [1.807, 2.05) is 25.1 Å². The molecule has 8 aromatic carbocycles. The minimum atomic E-state index is 0.620. The largest absolute Gasteiger partial charge is 0.263 e. The van der Waals surface area contributed by atoms with E-state index in [1.54, 1.807) is 0 Å². The van der Waals surface area contributed by atoms with Gasteiger partial charge in [0.1, 0.15) is 0 Å². The van der Waals surface area contributed by atoms with Crippen LogP contribution in [0.3, 0.4) is 0 Å². The molecule has 9 rings (SSSR count). The summed E-state index contributed by atoms with van der Waals surface area (Å²) in [5.74, 6) is 1.87. The van der Waals surface area contributed by atoms with Crippen molar-refractivity contribution in [1.29, 1.82) is 0 Å². The lowest BCUT2D eigenvalue weighted by Gasteiger charge is -2.12. The van der Waals surface area contributed by atoms with Crippen molar-refractivity contribution in [3.05, 3.63) is 200 Å². The summed E-state index contributed by atoms with van der Waals surface area (Å²) in [5.41, 5.74) is 13.9. The van der Waals surface area contributed by atoms with Crippen LogP contribution in [-0.4, -0.2) is 21.7 Å². The Bertz CT molecular complexity index is 2780. The van der Waals surface area contributed by atoms with Crippen molar-refractivity contribution >= 4 is 29.3 Å². The molecule has 0 saturated heterocycles. The molecule has 1 aromatic heterocycles. The van der Waals surface area contributed by atoms with E-state index in [0.717, 1.165) is 72.1 Å². The summed E-state index contributed by atoms with van der Waals surface area (Å²) in [5, 5.41) is 2.23. The first-order valence-corrected chi connectivity index (χ1v) is 19.1. The van der Waals surface area contributed by atoms with Gasteiger partial charge in [0.25, 0.3) is 0 Å². The Kier molecular flexibility index (Phi) is 9.66. The second-order valence-electron chi connectivity index (χ2n) is 13.9. The number of benzene rings is 8. The fourth-order valence-electron chi connectivity index (χ4n) is 7.43. The first-order valence-electron chi connectivity index (χ1n) is 19.1. The van der Waals surface area contributed by atoms with Gasteiger partial charge in [-0.25, -0.2) is 15.0 Å². The maximum absolute atomic E-state index is 5.05. The molecular weight excluding hydrogens is 693 g/mol. The van der Waals surface area contributed by atoms with Gasteiger partial charge in [0, 0.05) is 27.6 Å². The molecule has 0 bridgehead atoms. The average Bonchev–Trinajstić information content (AvgIpc) is 3.29. The zero-order valence-corrected chi connectivity index (χ0v) is 31.5. The molecule has 1 heterocycles. The topological polar surface area (TPSA) is 51.0 Å². The molecule has 4 heteroatoms. The number of rotatable bonds is 9. The maximum atomic E-state index is 5.05. The van der Waals surface area contributed by atoms with Crippen LogP contribution in [0.5, 0.6) is 0 Å². The van der Waals surface area contributed by atoms with E-state index in [9.17, 15) is 0 Å². The predicted molar refractivity (Wildman–Crippen MR) is 239 cm³/mol. The van der Waals surface area contributed by atoms with Crippen LogP contribution in [0.15, 0.2) is 199 Å². The molecule has 0 spiro atoms. The highest BCUT2D eigenvalue weighted by Gasteiger charge is 2.15. The number of allylic oxidation sites excluding steroid dienone is 1. The van der Waals surface area contributed by atoms with Gasteiger partial charge < -0.3 is 0 Å². The van der Waals surface area contributed by atoms with Gasteiger partial charge in [-0.05, 0) is 69.6 Å². The molecule has 0 N–H and O–H groups in total. The van der Waals surface area contributed by atoms with Gasteiger partial charge in [-0.2, -0.15) is 0 Å². The highest BCUT2D eigenvalue weighted by atomic mass is 15.0. The number of aromatic nitrogens is 3. The van der Waals surface area contributed by atoms with Crippen molar-refractivity contribution in [2.75, 3.05) is 0 Å². The van der Waals surface area contributed by atoms with Crippen LogP contribution in [0.4, 0.5) is 5.69 Å². The number of hydrogen-bond donors (Lipinski definition) is 0. The Labute approximate surface area is 333 Å². The Balaban J connectivity index is 1.07. The van der Waals surface area contributed by atoms with Gasteiger partial charge >= 0.3 is 0 Å². The minimum absolute atomic E-state index is 0.620. The highest BCUT2D eigenvalue weighted by Crippen LogP contribution is 2.38. The summed E-state index contributed by atoms with van der Waals surface area (Å²) >= 11 is 0. The SMILES string of the molecule is C=Nc1c(/C=C\C)ccc2c(-c3cccc(-c4ccc(-c5nc(-c6ccc(-c7ccccc7)cc6)nc(-c6ccc(-c7ccccc7)cc6)n5)cc4)c3)cccc12. The van der Waals surface area contributed by atoms with Crippen molar-refractivity contribution in [3.63, 3.8) is 0 Å². The van der Waals surface area contributed by atoms with E-state index in [1.165, 1.54) is 11.1 Å². The van der Waals surface area contributed by atoms with Gasteiger partial charge in [0.05, 0.1) is 5.69 Å². The summed E-state index contributed by atoms with van der Waals surface area (Å²) in [6.07, 6.45) is 4.11. The van der Waals surface area contributed by atoms with E-state index in [-0.39, 0.29) is 0 Å². The number of nitrogens with zero attached hydrogens (tertiary/aromatic N) is 4. The molecule has 0 aliphatic carbocycles. The second kappa shape index (κ2) is 15.7. The van der Waals surface area contributed by atoms with Crippen molar-refractivity contribution in [2.24, 2.45) is 4.99 Å². The van der Waals surface area contributed by atoms with Crippen molar-refractivity contribution in [3.8, 4) is 78.7 Å². The average molecular weight is 731 g/mol. The third-order valence-corrected chi connectivity index (χ3v) is 10.4. The van der Waals surface area contributed by atoms with Crippen LogP contribution in [0.1, 0.15) is 12.5 Å². The lowest BCUT2D eigenvalue weighted by Crippen LogP contribution is -2.00. The minimum Gasteiger partial charge on any atom is -0.263 e. The number of aliphatic imine (C=N–C) groups is 1. The van der Waals surface area contributed by atoms with Crippen molar-refractivity contribution in [2.45, 2.75) is 6.92 Å². The Morgan fingerprint density at radius 3 is 1.30 bits per heavy atom. The molecule has 57 heavy (non-hydrogen) atoms. The van der Waals surface area contributed by atoms with Crippen LogP contribution in [0.25, 0.3) is 95.5 Å². The van der Waals surface area contributed by atoms with E-state index in [0.29, 0.717) is 17.5 Å². The number of fused-ring (bicyclic) bond motifs is 1. The molecule has 0 radical (unpaired) electrons. The standard InChI is InChI=1S/C53H38N4/c1-3-12-41-33-34-48-47(19-11-20-49(48)50(41)54-2)46-18-10-17-45(35-46)40-25-31-44(32-26-40)53-56-51(42-27-21-38(22-28-42)36-13-6-4-7-14-36)55-52(57-53)43-29-23-39(24-30-43)37-15-8-5-9-16-37/h3-35H,2H2,1H3/b12-3-.